The van der Waals surface area contributed by atoms with Crippen LogP contribution in [0.15, 0.2) is 12.3 Å². The van der Waals surface area contributed by atoms with Gasteiger partial charge in [-0.2, -0.15) is 5.10 Å². The van der Waals surface area contributed by atoms with E-state index in [0.717, 1.165) is 0 Å². The number of carbonyl (C=O) groups is 1. The van der Waals surface area contributed by atoms with E-state index in [9.17, 15) is 9.90 Å². The maximum absolute atomic E-state index is 11.9. The Labute approximate surface area is 94.5 Å². The molecule has 1 aliphatic carbocycles. The van der Waals surface area contributed by atoms with Gasteiger partial charge in [0.2, 0.25) is 0 Å². The van der Waals surface area contributed by atoms with E-state index in [0.29, 0.717) is 12.1 Å². The van der Waals surface area contributed by atoms with Gasteiger partial charge < -0.3 is 10.4 Å². The van der Waals surface area contributed by atoms with E-state index in [1.165, 1.54) is 4.68 Å². The third-order valence-electron chi connectivity index (χ3n) is 3.57. The van der Waals surface area contributed by atoms with E-state index < -0.39 is 0 Å². The summed E-state index contributed by atoms with van der Waals surface area (Å²) in [5.74, 6) is -0.134. The van der Waals surface area contributed by atoms with Crippen molar-refractivity contribution in [1.82, 2.24) is 15.1 Å². The molecule has 88 valence electrons. The SMILES string of the molecule is Cn1nccc1C(=O)NC1CC(O)C1(C)C. The average molecular weight is 223 g/mol. The van der Waals surface area contributed by atoms with Crippen LogP contribution in [0.5, 0.6) is 0 Å². The lowest BCUT2D eigenvalue weighted by Gasteiger charge is -2.49. The molecule has 0 radical (unpaired) electrons. The zero-order chi connectivity index (χ0) is 11.9. The minimum Gasteiger partial charge on any atom is -0.392 e. The topological polar surface area (TPSA) is 67.2 Å². The second-order valence-electron chi connectivity index (χ2n) is 4.94. The molecule has 5 nitrogen and oxygen atoms in total. The van der Waals surface area contributed by atoms with Crippen LogP contribution < -0.4 is 5.32 Å². The fourth-order valence-electron chi connectivity index (χ4n) is 1.98. The fourth-order valence-corrected chi connectivity index (χ4v) is 1.98. The molecule has 0 aliphatic heterocycles. The highest BCUT2D eigenvalue weighted by Gasteiger charge is 2.48. The maximum Gasteiger partial charge on any atom is 0.269 e. The van der Waals surface area contributed by atoms with Gasteiger partial charge >= 0.3 is 0 Å². The minimum atomic E-state index is -0.329. The molecule has 0 spiro atoms. The minimum absolute atomic E-state index is 0.0323. The molecule has 2 rings (SSSR count). The Hall–Kier alpha value is -1.36. The molecule has 5 heteroatoms. The first-order valence-corrected chi connectivity index (χ1v) is 5.40. The van der Waals surface area contributed by atoms with E-state index in [-0.39, 0.29) is 23.5 Å². The molecular formula is C11H17N3O2. The number of nitrogens with one attached hydrogen (secondary N) is 1. The maximum atomic E-state index is 11.9. The van der Waals surface area contributed by atoms with Gasteiger partial charge in [0.1, 0.15) is 5.69 Å². The van der Waals surface area contributed by atoms with Crippen LogP contribution in [-0.4, -0.2) is 32.9 Å². The highest BCUT2D eigenvalue weighted by molar-refractivity contribution is 5.92. The number of hydrogen-bond acceptors (Lipinski definition) is 3. The van der Waals surface area contributed by atoms with E-state index in [4.69, 9.17) is 0 Å². The molecule has 16 heavy (non-hydrogen) atoms. The number of nitrogens with zero attached hydrogens (tertiary/aromatic N) is 2. The second kappa shape index (κ2) is 3.59. The van der Waals surface area contributed by atoms with Crippen molar-refractivity contribution in [2.75, 3.05) is 0 Å². The Kier molecular flexibility index (Phi) is 2.50. The zero-order valence-electron chi connectivity index (χ0n) is 9.77. The van der Waals surface area contributed by atoms with Crippen LogP contribution in [0.3, 0.4) is 0 Å². The van der Waals surface area contributed by atoms with Crippen molar-refractivity contribution in [2.24, 2.45) is 12.5 Å². The van der Waals surface area contributed by atoms with E-state index in [1.54, 1.807) is 19.3 Å². The first kappa shape index (κ1) is 11.1. The third kappa shape index (κ3) is 1.61. The van der Waals surface area contributed by atoms with Crippen molar-refractivity contribution in [3.8, 4) is 0 Å². The largest absolute Gasteiger partial charge is 0.392 e. The van der Waals surface area contributed by atoms with Gasteiger partial charge in [0.15, 0.2) is 0 Å². The third-order valence-corrected chi connectivity index (χ3v) is 3.57. The Morgan fingerprint density at radius 2 is 2.38 bits per heavy atom. The number of rotatable bonds is 2. The van der Waals surface area contributed by atoms with Crippen molar-refractivity contribution in [3.05, 3.63) is 18.0 Å². The first-order valence-electron chi connectivity index (χ1n) is 5.40. The zero-order valence-corrected chi connectivity index (χ0v) is 9.77. The summed E-state index contributed by atoms with van der Waals surface area (Å²) < 4.78 is 1.54. The van der Waals surface area contributed by atoms with Gasteiger partial charge in [0.05, 0.1) is 6.10 Å². The van der Waals surface area contributed by atoms with Crippen LogP contribution in [0.4, 0.5) is 0 Å². The molecule has 0 saturated heterocycles. The molecule has 0 aromatic carbocycles. The van der Waals surface area contributed by atoms with Crippen molar-refractivity contribution in [1.29, 1.82) is 0 Å². The van der Waals surface area contributed by atoms with Crippen molar-refractivity contribution >= 4 is 5.91 Å². The van der Waals surface area contributed by atoms with Crippen LogP contribution in [0, 0.1) is 5.41 Å². The highest BCUT2D eigenvalue weighted by Crippen LogP contribution is 2.40. The van der Waals surface area contributed by atoms with E-state index in [2.05, 4.69) is 10.4 Å². The Morgan fingerprint density at radius 1 is 1.69 bits per heavy atom. The number of aromatic nitrogens is 2. The highest BCUT2D eigenvalue weighted by atomic mass is 16.3. The monoisotopic (exact) mass is 223 g/mol. The fraction of sp³-hybridized carbons (Fsp3) is 0.636. The molecular weight excluding hydrogens is 206 g/mol. The Morgan fingerprint density at radius 3 is 2.81 bits per heavy atom. The van der Waals surface area contributed by atoms with Crippen molar-refractivity contribution in [3.63, 3.8) is 0 Å². The number of hydrogen-bond donors (Lipinski definition) is 2. The quantitative estimate of drug-likeness (QED) is 0.758. The number of amides is 1. The summed E-state index contributed by atoms with van der Waals surface area (Å²) in [6, 6.07) is 1.71. The number of aliphatic hydroxyl groups is 1. The molecule has 1 aromatic rings. The standard InChI is InChI=1S/C11H17N3O2/c1-11(2)8(6-9(11)15)13-10(16)7-4-5-12-14(7)3/h4-5,8-9,15H,6H2,1-3H3,(H,13,16). The van der Waals surface area contributed by atoms with Gasteiger partial charge in [0.25, 0.3) is 5.91 Å². The van der Waals surface area contributed by atoms with Crippen LogP contribution in [0.1, 0.15) is 30.8 Å². The molecule has 1 heterocycles. The van der Waals surface area contributed by atoms with Crippen molar-refractivity contribution < 1.29 is 9.90 Å². The first-order chi connectivity index (χ1) is 7.43. The van der Waals surface area contributed by atoms with Gasteiger partial charge in [-0.3, -0.25) is 9.48 Å². The predicted octanol–water partition coefficient (Wildman–Crippen LogP) is 0.309. The molecule has 1 saturated carbocycles. The van der Waals surface area contributed by atoms with Crippen LogP contribution in [0.2, 0.25) is 0 Å². The predicted molar refractivity (Wildman–Crippen MR) is 58.9 cm³/mol. The summed E-state index contributed by atoms with van der Waals surface area (Å²) in [5.41, 5.74) is 0.297. The summed E-state index contributed by atoms with van der Waals surface area (Å²) in [7, 11) is 1.73. The van der Waals surface area contributed by atoms with Gasteiger partial charge in [-0.25, -0.2) is 0 Å². The van der Waals surface area contributed by atoms with Gasteiger partial charge in [-0.05, 0) is 12.5 Å². The van der Waals surface area contributed by atoms with Crippen LogP contribution in [-0.2, 0) is 7.05 Å². The Balaban J connectivity index is 2.02. The number of aliphatic hydroxyl groups excluding tert-OH is 1. The molecule has 2 N–H and O–H groups in total. The molecule has 1 amide bonds. The summed E-state index contributed by atoms with van der Waals surface area (Å²) in [6.07, 6.45) is 1.89. The van der Waals surface area contributed by atoms with Crippen molar-refractivity contribution in [2.45, 2.75) is 32.4 Å². The lowest BCUT2D eigenvalue weighted by atomic mass is 9.64. The van der Waals surface area contributed by atoms with Gasteiger partial charge in [-0.1, -0.05) is 13.8 Å². The summed E-state index contributed by atoms with van der Waals surface area (Å²) >= 11 is 0. The molecule has 1 aromatic heterocycles. The van der Waals surface area contributed by atoms with Gasteiger partial charge in [0, 0.05) is 24.7 Å². The molecule has 1 aliphatic rings. The molecule has 2 unspecified atom stereocenters. The Bertz CT molecular complexity index is 411. The molecule has 1 fully saturated rings. The molecule has 2 atom stereocenters. The second-order valence-corrected chi connectivity index (χ2v) is 4.94. The number of carbonyl (C=O) groups excluding carboxylic acids is 1. The number of aryl methyl sites for hydroxylation is 1. The smallest absolute Gasteiger partial charge is 0.269 e. The summed E-state index contributed by atoms with van der Waals surface area (Å²) in [4.78, 5) is 11.9. The average Bonchev–Trinajstić information content (AvgIpc) is 2.64. The van der Waals surface area contributed by atoms with E-state index in [1.807, 2.05) is 13.8 Å². The van der Waals surface area contributed by atoms with Gasteiger partial charge in [-0.15, -0.1) is 0 Å². The van der Waals surface area contributed by atoms with Crippen LogP contribution >= 0.6 is 0 Å². The lowest BCUT2D eigenvalue weighted by molar-refractivity contribution is -0.0690. The summed E-state index contributed by atoms with van der Waals surface area (Å²) in [5, 5.41) is 16.4. The molecule has 0 bridgehead atoms. The lowest BCUT2D eigenvalue weighted by Crippen LogP contribution is -2.61. The summed E-state index contributed by atoms with van der Waals surface area (Å²) in [6.45, 7) is 3.91. The van der Waals surface area contributed by atoms with Crippen LogP contribution in [0.25, 0.3) is 0 Å². The van der Waals surface area contributed by atoms with E-state index >= 15 is 0 Å². The normalized spacial score (nSPS) is 27.2.